The summed E-state index contributed by atoms with van der Waals surface area (Å²) in [4.78, 5) is 23.4. The molecule has 0 aliphatic carbocycles. The zero-order chi connectivity index (χ0) is 22.3. The zero-order valence-corrected chi connectivity index (χ0v) is 17.9. The highest BCUT2D eigenvalue weighted by atomic mass is 32.2. The standard InChI is InChI=1S/C20H25N3O6S/c1-4-17(20(24)21-13-12-15-8-6-5-7-9-15)22(30(3,27)28)18-14-16(23(25)26)10-11-19(18)29-2/h5-11,14,17H,4,12-13H2,1-3H3,(H,21,24). The number of sulfonamides is 1. The largest absolute Gasteiger partial charge is 0.495 e. The lowest BCUT2D eigenvalue weighted by molar-refractivity contribution is -0.384. The van der Waals surface area contributed by atoms with Gasteiger partial charge >= 0.3 is 0 Å². The van der Waals surface area contributed by atoms with Crippen molar-refractivity contribution in [3.8, 4) is 5.75 Å². The Morgan fingerprint density at radius 2 is 1.90 bits per heavy atom. The summed E-state index contributed by atoms with van der Waals surface area (Å²) in [6.45, 7) is 1.99. The summed E-state index contributed by atoms with van der Waals surface area (Å²) < 4.78 is 31.3. The van der Waals surface area contributed by atoms with Crippen molar-refractivity contribution in [1.82, 2.24) is 5.32 Å². The fourth-order valence-electron chi connectivity index (χ4n) is 3.09. The van der Waals surface area contributed by atoms with Gasteiger partial charge in [0.1, 0.15) is 17.5 Å². The molecule has 162 valence electrons. The maximum absolute atomic E-state index is 12.9. The maximum atomic E-state index is 12.9. The number of carbonyl (C=O) groups is 1. The van der Waals surface area contributed by atoms with Crippen LogP contribution < -0.4 is 14.4 Å². The Morgan fingerprint density at radius 1 is 1.23 bits per heavy atom. The van der Waals surface area contributed by atoms with Crippen LogP contribution in [-0.2, 0) is 21.2 Å². The summed E-state index contributed by atoms with van der Waals surface area (Å²) in [6.07, 6.45) is 1.70. The normalized spacial score (nSPS) is 12.1. The quantitative estimate of drug-likeness (QED) is 0.452. The van der Waals surface area contributed by atoms with E-state index >= 15 is 0 Å². The number of nitrogens with zero attached hydrogens (tertiary/aromatic N) is 2. The SMILES string of the molecule is CCC(C(=O)NCCc1ccccc1)N(c1cc([N+](=O)[O-])ccc1OC)S(C)(=O)=O. The second-order valence-electron chi connectivity index (χ2n) is 6.62. The molecule has 1 amide bonds. The summed E-state index contributed by atoms with van der Waals surface area (Å²) in [7, 11) is -2.63. The van der Waals surface area contributed by atoms with E-state index < -0.39 is 26.9 Å². The average molecular weight is 436 g/mol. The lowest BCUT2D eigenvalue weighted by Crippen LogP contribution is -2.49. The molecule has 0 aromatic heterocycles. The zero-order valence-electron chi connectivity index (χ0n) is 17.1. The van der Waals surface area contributed by atoms with Gasteiger partial charge in [0.25, 0.3) is 5.69 Å². The molecule has 0 saturated carbocycles. The molecule has 0 fully saturated rings. The van der Waals surface area contributed by atoms with Gasteiger partial charge in [0.05, 0.1) is 18.3 Å². The molecule has 0 aliphatic rings. The number of hydrogen-bond donors (Lipinski definition) is 1. The molecule has 30 heavy (non-hydrogen) atoms. The van der Waals surface area contributed by atoms with Crippen LogP contribution in [0.3, 0.4) is 0 Å². The van der Waals surface area contributed by atoms with Crippen molar-refractivity contribution >= 4 is 27.3 Å². The molecule has 0 bridgehead atoms. The van der Waals surface area contributed by atoms with E-state index in [4.69, 9.17) is 4.74 Å². The molecular weight excluding hydrogens is 410 g/mol. The van der Waals surface area contributed by atoms with E-state index in [2.05, 4.69) is 5.32 Å². The maximum Gasteiger partial charge on any atom is 0.271 e. The minimum Gasteiger partial charge on any atom is -0.495 e. The van der Waals surface area contributed by atoms with Gasteiger partial charge in [-0.15, -0.1) is 0 Å². The third-order valence-corrected chi connectivity index (χ3v) is 5.66. The number of carbonyl (C=O) groups excluding carboxylic acids is 1. The summed E-state index contributed by atoms with van der Waals surface area (Å²) in [5, 5.41) is 14.0. The molecule has 2 rings (SSSR count). The molecule has 1 atom stereocenters. The van der Waals surface area contributed by atoms with Gasteiger partial charge in [0.15, 0.2) is 0 Å². The molecule has 1 N–H and O–H groups in total. The first-order valence-corrected chi connectivity index (χ1v) is 11.2. The van der Waals surface area contributed by atoms with E-state index in [1.54, 1.807) is 6.92 Å². The van der Waals surface area contributed by atoms with Crippen LogP contribution in [0.1, 0.15) is 18.9 Å². The Bertz CT molecular complexity index is 995. The minimum atomic E-state index is -3.96. The number of anilines is 1. The number of methoxy groups -OCH3 is 1. The van der Waals surface area contributed by atoms with Gasteiger partial charge in [-0.05, 0) is 24.5 Å². The van der Waals surface area contributed by atoms with E-state index in [9.17, 15) is 23.3 Å². The molecule has 9 nitrogen and oxygen atoms in total. The Morgan fingerprint density at radius 3 is 2.43 bits per heavy atom. The molecule has 1 unspecified atom stereocenters. The lowest BCUT2D eigenvalue weighted by atomic mass is 10.1. The molecule has 0 heterocycles. The van der Waals surface area contributed by atoms with Crippen LogP contribution in [0.4, 0.5) is 11.4 Å². The van der Waals surface area contributed by atoms with Crippen LogP contribution in [-0.4, -0.2) is 45.2 Å². The van der Waals surface area contributed by atoms with Crippen LogP contribution in [0.25, 0.3) is 0 Å². The van der Waals surface area contributed by atoms with Crippen molar-refractivity contribution in [2.45, 2.75) is 25.8 Å². The van der Waals surface area contributed by atoms with Gasteiger partial charge in [-0.25, -0.2) is 8.42 Å². The molecule has 0 aliphatic heterocycles. The number of nitro groups is 1. The van der Waals surface area contributed by atoms with Crippen molar-refractivity contribution in [3.63, 3.8) is 0 Å². The van der Waals surface area contributed by atoms with Gasteiger partial charge < -0.3 is 10.1 Å². The van der Waals surface area contributed by atoms with Crippen LogP contribution in [0, 0.1) is 10.1 Å². The van der Waals surface area contributed by atoms with Gasteiger partial charge in [0.2, 0.25) is 15.9 Å². The third-order valence-electron chi connectivity index (χ3n) is 4.50. The first kappa shape index (κ1) is 23.1. The van der Waals surface area contributed by atoms with Crippen molar-refractivity contribution in [2.75, 3.05) is 24.2 Å². The van der Waals surface area contributed by atoms with Crippen LogP contribution >= 0.6 is 0 Å². The van der Waals surface area contributed by atoms with Crippen LogP contribution in [0.2, 0.25) is 0 Å². The predicted molar refractivity (Wildman–Crippen MR) is 114 cm³/mol. The van der Waals surface area contributed by atoms with Gasteiger partial charge in [0, 0.05) is 18.7 Å². The fraction of sp³-hybridized carbons (Fsp3) is 0.350. The third kappa shape index (κ3) is 5.69. The Hall–Kier alpha value is -3.14. The Balaban J connectivity index is 2.33. The van der Waals surface area contributed by atoms with E-state index in [1.165, 1.54) is 19.2 Å². The van der Waals surface area contributed by atoms with Crippen molar-refractivity contribution in [1.29, 1.82) is 0 Å². The van der Waals surface area contributed by atoms with Crippen molar-refractivity contribution in [2.24, 2.45) is 0 Å². The highest BCUT2D eigenvalue weighted by Gasteiger charge is 2.34. The summed E-state index contributed by atoms with van der Waals surface area (Å²) in [5.74, 6) is -0.381. The number of hydrogen-bond acceptors (Lipinski definition) is 6. The summed E-state index contributed by atoms with van der Waals surface area (Å²) in [5.41, 5.74) is 0.671. The molecule has 0 saturated heterocycles. The average Bonchev–Trinajstić information content (AvgIpc) is 2.71. The molecule has 2 aromatic rings. The van der Waals surface area contributed by atoms with E-state index in [0.29, 0.717) is 13.0 Å². The van der Waals surface area contributed by atoms with Crippen molar-refractivity contribution in [3.05, 3.63) is 64.2 Å². The number of non-ortho nitro benzene ring substituents is 1. The molecular formula is C20H25N3O6S. The van der Waals surface area contributed by atoms with E-state index in [0.717, 1.165) is 22.2 Å². The number of amides is 1. The van der Waals surface area contributed by atoms with Gasteiger partial charge in [-0.1, -0.05) is 37.3 Å². The van der Waals surface area contributed by atoms with Crippen molar-refractivity contribution < 1.29 is 22.9 Å². The topological polar surface area (TPSA) is 119 Å². The second-order valence-corrected chi connectivity index (χ2v) is 8.48. The first-order chi connectivity index (χ1) is 14.2. The Kier molecular flexibility index (Phi) is 7.76. The number of nitro benzene ring substituents is 1. The first-order valence-electron chi connectivity index (χ1n) is 9.32. The molecule has 0 spiro atoms. The fourth-order valence-corrected chi connectivity index (χ4v) is 4.30. The molecule has 0 radical (unpaired) electrons. The van der Waals surface area contributed by atoms with Gasteiger partial charge in [-0.2, -0.15) is 0 Å². The second kappa shape index (κ2) is 10.1. The van der Waals surface area contributed by atoms with E-state index in [1.807, 2.05) is 30.3 Å². The number of benzene rings is 2. The lowest BCUT2D eigenvalue weighted by Gasteiger charge is -2.31. The minimum absolute atomic E-state index is 0.0562. The summed E-state index contributed by atoms with van der Waals surface area (Å²) >= 11 is 0. The monoisotopic (exact) mass is 435 g/mol. The predicted octanol–water partition coefficient (Wildman–Crippen LogP) is 2.51. The highest BCUT2D eigenvalue weighted by molar-refractivity contribution is 7.92. The van der Waals surface area contributed by atoms with Crippen LogP contribution in [0.15, 0.2) is 48.5 Å². The molecule has 10 heteroatoms. The number of rotatable bonds is 10. The highest BCUT2D eigenvalue weighted by Crippen LogP contribution is 2.35. The van der Waals surface area contributed by atoms with Crippen LogP contribution in [0.5, 0.6) is 5.75 Å². The van der Waals surface area contributed by atoms with E-state index in [-0.39, 0.29) is 23.5 Å². The number of ether oxygens (including phenoxy) is 1. The number of nitrogens with one attached hydrogen (secondary N) is 1. The smallest absolute Gasteiger partial charge is 0.271 e. The summed E-state index contributed by atoms with van der Waals surface area (Å²) in [6, 6.07) is 12.1. The molecule has 2 aromatic carbocycles. The Labute approximate surface area is 175 Å². The van der Waals surface area contributed by atoms with Gasteiger partial charge in [-0.3, -0.25) is 19.2 Å².